The number of piperazine rings is 1. The van der Waals surface area contributed by atoms with Crippen molar-refractivity contribution in [2.75, 3.05) is 33.2 Å². The van der Waals surface area contributed by atoms with E-state index in [0.29, 0.717) is 6.54 Å². The van der Waals surface area contributed by atoms with Crippen molar-refractivity contribution >= 4 is 17.2 Å². The van der Waals surface area contributed by atoms with Gasteiger partial charge >= 0.3 is 0 Å². The van der Waals surface area contributed by atoms with Crippen molar-refractivity contribution in [3.8, 4) is 0 Å². The van der Waals surface area contributed by atoms with Gasteiger partial charge in [-0.15, -0.1) is 11.3 Å². The van der Waals surface area contributed by atoms with Crippen LogP contribution < -0.4 is 5.73 Å². The number of likely N-dealkylation sites (N-methyl/N-ethyl adjacent to an activating group) is 1. The highest BCUT2D eigenvalue weighted by Gasteiger charge is 2.28. The van der Waals surface area contributed by atoms with Gasteiger partial charge in [-0.2, -0.15) is 0 Å². The van der Waals surface area contributed by atoms with Gasteiger partial charge in [0.1, 0.15) is 0 Å². The Balaban J connectivity index is 2.10. The molecule has 1 aromatic rings. The van der Waals surface area contributed by atoms with Gasteiger partial charge in [0.15, 0.2) is 0 Å². The predicted molar refractivity (Wildman–Crippen MR) is 65.7 cm³/mol. The molecule has 2 N–H and O–H groups in total. The molecule has 0 saturated carbocycles. The fourth-order valence-corrected chi connectivity index (χ4v) is 2.70. The molecule has 4 nitrogen and oxygen atoms in total. The lowest BCUT2D eigenvalue weighted by atomic mass is 10.1. The third kappa shape index (κ3) is 2.26. The molecule has 1 aromatic heterocycles. The van der Waals surface area contributed by atoms with E-state index in [9.17, 15) is 4.79 Å². The van der Waals surface area contributed by atoms with Gasteiger partial charge in [0, 0.05) is 26.2 Å². The van der Waals surface area contributed by atoms with E-state index in [-0.39, 0.29) is 11.9 Å². The van der Waals surface area contributed by atoms with Crippen LogP contribution in [0.25, 0.3) is 0 Å². The first kappa shape index (κ1) is 11.6. The molecule has 16 heavy (non-hydrogen) atoms. The van der Waals surface area contributed by atoms with E-state index in [4.69, 9.17) is 5.73 Å². The van der Waals surface area contributed by atoms with Gasteiger partial charge < -0.3 is 15.5 Å². The number of thiophene rings is 1. The summed E-state index contributed by atoms with van der Waals surface area (Å²) in [6, 6.07) is 3.93. The van der Waals surface area contributed by atoms with E-state index in [1.54, 1.807) is 0 Å². The second-order valence-corrected chi connectivity index (χ2v) is 5.08. The smallest absolute Gasteiger partial charge is 0.264 e. The van der Waals surface area contributed by atoms with E-state index in [0.717, 1.165) is 24.5 Å². The Morgan fingerprint density at radius 2 is 2.44 bits per heavy atom. The minimum atomic E-state index is 0.124. The van der Waals surface area contributed by atoms with Crippen LogP contribution in [-0.2, 0) is 0 Å². The number of nitrogens with zero attached hydrogens (tertiary/aromatic N) is 2. The Hall–Kier alpha value is -0.910. The predicted octanol–water partition coefficient (Wildman–Crippen LogP) is 0.463. The molecule has 1 aliphatic heterocycles. The van der Waals surface area contributed by atoms with Crippen molar-refractivity contribution < 1.29 is 4.79 Å². The van der Waals surface area contributed by atoms with Crippen LogP contribution in [0.2, 0.25) is 0 Å². The second kappa shape index (κ2) is 4.95. The van der Waals surface area contributed by atoms with Gasteiger partial charge in [-0.05, 0) is 18.5 Å². The molecule has 0 radical (unpaired) electrons. The maximum atomic E-state index is 12.2. The van der Waals surface area contributed by atoms with Crippen LogP contribution in [0.1, 0.15) is 9.67 Å². The number of amides is 1. The number of nitrogens with two attached hydrogens (primary N) is 1. The SMILES string of the molecule is CN1CCN(C(=O)c2cccs2)C(CN)C1. The van der Waals surface area contributed by atoms with Gasteiger partial charge in [-0.3, -0.25) is 4.79 Å². The van der Waals surface area contributed by atoms with Crippen molar-refractivity contribution in [1.82, 2.24) is 9.80 Å². The molecule has 0 spiro atoms. The van der Waals surface area contributed by atoms with Crippen LogP contribution in [0, 0.1) is 0 Å². The van der Waals surface area contributed by atoms with E-state index < -0.39 is 0 Å². The molecule has 1 atom stereocenters. The molecular formula is C11H17N3OS. The van der Waals surface area contributed by atoms with Gasteiger partial charge in [0.25, 0.3) is 5.91 Å². The Bertz CT molecular complexity index is 352. The van der Waals surface area contributed by atoms with Crippen LogP contribution in [-0.4, -0.2) is 55.0 Å². The fraction of sp³-hybridized carbons (Fsp3) is 0.545. The van der Waals surface area contributed by atoms with Crippen molar-refractivity contribution in [2.45, 2.75) is 6.04 Å². The lowest BCUT2D eigenvalue weighted by Crippen LogP contribution is -2.56. The average Bonchev–Trinajstić information content (AvgIpc) is 2.81. The third-order valence-electron chi connectivity index (χ3n) is 2.95. The number of carbonyl (C=O) groups excluding carboxylic acids is 1. The molecule has 88 valence electrons. The molecule has 2 rings (SSSR count). The van der Waals surface area contributed by atoms with Gasteiger partial charge in [-0.1, -0.05) is 6.07 Å². The number of hydrogen-bond donors (Lipinski definition) is 1. The van der Waals surface area contributed by atoms with Gasteiger partial charge in [0.05, 0.1) is 10.9 Å². The minimum absolute atomic E-state index is 0.124. The van der Waals surface area contributed by atoms with E-state index in [2.05, 4.69) is 11.9 Å². The first-order valence-electron chi connectivity index (χ1n) is 5.45. The second-order valence-electron chi connectivity index (χ2n) is 4.13. The molecule has 0 aromatic carbocycles. The van der Waals surface area contributed by atoms with E-state index in [1.807, 2.05) is 22.4 Å². The van der Waals surface area contributed by atoms with Crippen LogP contribution in [0.3, 0.4) is 0 Å². The standard InChI is InChI=1S/C11H17N3OS/c1-13-4-5-14(9(7-12)8-13)11(15)10-3-2-6-16-10/h2-3,6,9H,4-5,7-8,12H2,1H3. The zero-order chi connectivity index (χ0) is 11.5. The van der Waals surface area contributed by atoms with Gasteiger partial charge in [0.2, 0.25) is 0 Å². The minimum Gasteiger partial charge on any atom is -0.331 e. The van der Waals surface area contributed by atoms with Crippen LogP contribution in [0.15, 0.2) is 17.5 Å². The summed E-state index contributed by atoms with van der Waals surface area (Å²) in [5.74, 6) is 0.124. The summed E-state index contributed by atoms with van der Waals surface area (Å²) in [4.78, 5) is 17.1. The number of rotatable bonds is 2. The monoisotopic (exact) mass is 239 g/mol. The highest BCUT2D eigenvalue weighted by Crippen LogP contribution is 2.16. The normalized spacial score (nSPS) is 22.4. The molecular weight excluding hydrogens is 222 g/mol. The topological polar surface area (TPSA) is 49.6 Å². The summed E-state index contributed by atoms with van der Waals surface area (Å²) in [5.41, 5.74) is 5.73. The summed E-state index contributed by atoms with van der Waals surface area (Å²) >= 11 is 1.49. The lowest BCUT2D eigenvalue weighted by Gasteiger charge is -2.39. The largest absolute Gasteiger partial charge is 0.331 e. The summed E-state index contributed by atoms with van der Waals surface area (Å²) in [7, 11) is 2.07. The molecule has 1 aliphatic rings. The van der Waals surface area contributed by atoms with Crippen molar-refractivity contribution in [1.29, 1.82) is 0 Å². The van der Waals surface area contributed by atoms with Crippen LogP contribution in [0.4, 0.5) is 0 Å². The maximum Gasteiger partial charge on any atom is 0.264 e. The van der Waals surface area contributed by atoms with E-state index in [1.165, 1.54) is 11.3 Å². The van der Waals surface area contributed by atoms with Crippen LogP contribution in [0.5, 0.6) is 0 Å². The molecule has 0 aliphatic carbocycles. The summed E-state index contributed by atoms with van der Waals surface area (Å²) in [6.45, 7) is 3.10. The summed E-state index contributed by atoms with van der Waals surface area (Å²) in [5, 5.41) is 1.93. The highest BCUT2D eigenvalue weighted by atomic mass is 32.1. The zero-order valence-corrected chi connectivity index (χ0v) is 10.2. The first-order chi connectivity index (χ1) is 7.72. The third-order valence-corrected chi connectivity index (χ3v) is 3.81. The Kier molecular flexibility index (Phi) is 3.58. The molecule has 1 fully saturated rings. The lowest BCUT2D eigenvalue weighted by molar-refractivity contribution is 0.0521. The average molecular weight is 239 g/mol. The molecule has 5 heteroatoms. The summed E-state index contributed by atoms with van der Waals surface area (Å²) in [6.07, 6.45) is 0. The molecule has 1 unspecified atom stereocenters. The van der Waals surface area contributed by atoms with Crippen molar-refractivity contribution in [3.63, 3.8) is 0 Å². The Morgan fingerprint density at radius 3 is 3.06 bits per heavy atom. The number of hydrogen-bond acceptors (Lipinski definition) is 4. The van der Waals surface area contributed by atoms with Crippen molar-refractivity contribution in [3.05, 3.63) is 22.4 Å². The molecule has 2 heterocycles. The van der Waals surface area contributed by atoms with Gasteiger partial charge in [-0.25, -0.2) is 0 Å². The number of carbonyl (C=O) groups is 1. The first-order valence-corrected chi connectivity index (χ1v) is 6.33. The highest BCUT2D eigenvalue weighted by molar-refractivity contribution is 7.12. The maximum absolute atomic E-state index is 12.2. The Labute approximate surface area is 99.6 Å². The zero-order valence-electron chi connectivity index (χ0n) is 9.43. The van der Waals surface area contributed by atoms with Crippen LogP contribution >= 0.6 is 11.3 Å². The van der Waals surface area contributed by atoms with Crippen molar-refractivity contribution in [2.24, 2.45) is 5.73 Å². The Morgan fingerprint density at radius 1 is 1.62 bits per heavy atom. The molecule has 1 amide bonds. The molecule has 0 bridgehead atoms. The van der Waals surface area contributed by atoms with E-state index >= 15 is 0 Å². The quantitative estimate of drug-likeness (QED) is 0.816. The molecule has 1 saturated heterocycles. The fourth-order valence-electron chi connectivity index (χ4n) is 2.02. The summed E-state index contributed by atoms with van der Waals surface area (Å²) < 4.78 is 0.